The van der Waals surface area contributed by atoms with Gasteiger partial charge >= 0.3 is 0 Å². The number of para-hydroxylation sites is 1. The van der Waals surface area contributed by atoms with Gasteiger partial charge in [-0.2, -0.15) is 0 Å². The van der Waals surface area contributed by atoms with Crippen molar-refractivity contribution in [2.75, 3.05) is 0 Å². The van der Waals surface area contributed by atoms with E-state index in [-0.39, 0.29) is 53.7 Å². The number of hydrogen-bond acceptors (Lipinski definition) is 3. The number of furan rings is 1. The van der Waals surface area contributed by atoms with Crippen LogP contribution in [0.25, 0.3) is 94.0 Å². The van der Waals surface area contributed by atoms with E-state index in [4.69, 9.17) is 17.6 Å². The van der Waals surface area contributed by atoms with E-state index in [1.165, 1.54) is 39.1 Å². The third kappa shape index (κ3) is 10.3. The van der Waals surface area contributed by atoms with E-state index < -0.39 is 13.7 Å². The van der Waals surface area contributed by atoms with Crippen molar-refractivity contribution >= 4 is 54.5 Å². The zero-order chi connectivity index (χ0) is 57.6. The van der Waals surface area contributed by atoms with Crippen LogP contribution in [0.15, 0.2) is 150 Å². The number of hydrogen-bond donors (Lipinski definition) is 0. The van der Waals surface area contributed by atoms with Crippen molar-refractivity contribution in [1.82, 2.24) is 14.5 Å². The molecule has 0 saturated carbocycles. The molecule has 1 radical (unpaired) electrons. The summed E-state index contributed by atoms with van der Waals surface area (Å²) in [6, 6.07) is 53.7. The molecule has 0 fully saturated rings. The Hall–Kier alpha value is -6.65. The predicted octanol–water partition coefficient (Wildman–Crippen LogP) is 19.7. The average molecular weight is 1170 g/mol. The fourth-order valence-corrected chi connectivity index (χ4v) is 10.1. The molecule has 0 saturated heterocycles. The van der Waals surface area contributed by atoms with Gasteiger partial charge in [0, 0.05) is 45.6 Å². The molecule has 0 bridgehead atoms. The Balaban J connectivity index is 0.000000319. The number of nitrogens with zero attached hydrogens (tertiary/aromatic N) is 3. The van der Waals surface area contributed by atoms with E-state index in [1.807, 2.05) is 30.5 Å². The fourth-order valence-electron chi connectivity index (χ4n) is 10.1. The van der Waals surface area contributed by atoms with Gasteiger partial charge in [-0.15, -0.1) is 53.6 Å². The van der Waals surface area contributed by atoms with Gasteiger partial charge in [0.05, 0.1) is 22.4 Å². The zero-order valence-electron chi connectivity index (χ0n) is 51.6. The first-order valence-corrected chi connectivity index (χ1v) is 26.0. The number of rotatable bonds is 6. The Morgan fingerprint density at radius 2 is 1.27 bits per heavy atom. The Morgan fingerprint density at radius 3 is 1.88 bits per heavy atom. The molecule has 0 spiro atoms. The minimum atomic E-state index is -2.39. The molecular weight excluding hydrogens is 1090 g/mol. The van der Waals surface area contributed by atoms with E-state index in [2.05, 4.69) is 197 Å². The molecule has 3 heterocycles. The minimum absolute atomic E-state index is 0. The molecule has 11 rings (SSSR count). The smallest absolute Gasteiger partial charge is 0.121 e. The number of benzene rings is 8. The van der Waals surface area contributed by atoms with E-state index in [1.54, 1.807) is 24.3 Å². The zero-order valence-corrected chi connectivity index (χ0v) is 48.0. The molecule has 0 atom stereocenters. The number of aryl methyl sites for hydroxylation is 2. The number of pyridine rings is 1. The molecule has 0 amide bonds. The van der Waals surface area contributed by atoms with Crippen LogP contribution in [0.2, 0.25) is 0 Å². The maximum absolute atomic E-state index is 8.79. The third-order valence-corrected chi connectivity index (χ3v) is 14.5. The van der Waals surface area contributed by atoms with Crippen molar-refractivity contribution in [3.8, 4) is 39.5 Å². The Bertz CT molecular complexity index is 4030. The van der Waals surface area contributed by atoms with Crippen LogP contribution in [-0.4, -0.2) is 14.5 Å². The topological polar surface area (TPSA) is 43.9 Å². The van der Waals surface area contributed by atoms with Crippen LogP contribution in [0.1, 0.15) is 149 Å². The monoisotopic (exact) mass is 1170 g/mol. The van der Waals surface area contributed by atoms with Crippen LogP contribution in [0.5, 0.6) is 0 Å². The first kappa shape index (κ1) is 45.7. The minimum Gasteiger partial charge on any atom is -0.501 e. The van der Waals surface area contributed by atoms with Gasteiger partial charge in [0.15, 0.2) is 0 Å². The van der Waals surface area contributed by atoms with Gasteiger partial charge in [0.25, 0.3) is 0 Å². The summed E-state index contributed by atoms with van der Waals surface area (Å²) in [5.74, 6) is 0.773. The summed E-state index contributed by atoms with van der Waals surface area (Å²) in [5, 5.41) is 6.59. The van der Waals surface area contributed by atoms with E-state index in [0.717, 1.165) is 60.8 Å². The molecule has 8 aromatic carbocycles. The van der Waals surface area contributed by atoms with Crippen molar-refractivity contribution in [3.63, 3.8) is 0 Å². The molecule has 75 heavy (non-hydrogen) atoms. The van der Waals surface area contributed by atoms with Crippen molar-refractivity contribution in [2.45, 2.75) is 132 Å². The SMILES string of the molecule is [2H]C([2H])([2H])c1c[c-]c(-c2ccc(C(C)(C)C)cn2)cc1.[2H]C([2H])([2H])c1cccc2nc(-c3[c-]ccc4c3oc3cc5c(ccc6ccccc65)cc34)n(-c3c(C(C)C)cc(-c4cc(C(C)(C)C)cc(C(C)(C)C)c4)cc3C(C)C)c12.[Ir]. The van der Waals surface area contributed by atoms with Crippen LogP contribution in [-0.2, 0) is 36.4 Å². The van der Waals surface area contributed by atoms with Crippen LogP contribution in [0.4, 0.5) is 0 Å². The van der Waals surface area contributed by atoms with Gasteiger partial charge in [0.1, 0.15) is 5.58 Å². The second-order valence-electron chi connectivity index (χ2n) is 23.8. The maximum atomic E-state index is 8.79. The van der Waals surface area contributed by atoms with Crippen molar-refractivity contribution in [2.24, 2.45) is 0 Å². The number of imidazole rings is 1. The summed E-state index contributed by atoms with van der Waals surface area (Å²) in [4.78, 5) is 9.77. The summed E-state index contributed by atoms with van der Waals surface area (Å²) in [5.41, 5.74) is 14.8. The fraction of sp³-hybridized carbons (Fsp3) is 0.286. The van der Waals surface area contributed by atoms with Crippen LogP contribution in [0.3, 0.4) is 0 Å². The van der Waals surface area contributed by atoms with Crippen molar-refractivity contribution < 1.29 is 32.7 Å². The number of fused-ring (bicyclic) bond motifs is 7. The molecule has 0 aliphatic carbocycles. The van der Waals surface area contributed by atoms with Crippen molar-refractivity contribution in [1.29, 1.82) is 0 Å². The van der Waals surface area contributed by atoms with Crippen LogP contribution >= 0.6 is 0 Å². The molecule has 383 valence electrons. The van der Waals surface area contributed by atoms with Crippen LogP contribution < -0.4 is 0 Å². The molecule has 3 aromatic heterocycles. The van der Waals surface area contributed by atoms with Crippen LogP contribution in [0, 0.1) is 25.8 Å². The molecule has 5 heteroatoms. The standard InChI is InChI=1S/C54H53N2O.C16H18N.Ir/c1-31(2)43-27-37(36-24-38(53(6,7)8)29-39(25-36)54(9,10)11)28-44(32(3)4)50(43)56-49-33(5)16-14-21-47(49)55-52(56)42-20-15-19-41-46-26-35-23-22-34-17-12-13-18-40(34)45(35)30-48(46)57-51(41)42;1-12-5-7-13(8-6-12)15-10-9-14(11-17-15)16(2,3)4;/h12-19,21-32H,1-11H3;5-7,9-11H,1-4H3;/q2*-1;/i5D3;1D3;. The summed E-state index contributed by atoms with van der Waals surface area (Å²) in [6.07, 6.45) is 1.86. The van der Waals surface area contributed by atoms with E-state index in [9.17, 15) is 0 Å². The summed E-state index contributed by atoms with van der Waals surface area (Å²) in [7, 11) is 0. The van der Waals surface area contributed by atoms with Gasteiger partial charge in [0.2, 0.25) is 0 Å². The van der Waals surface area contributed by atoms with Gasteiger partial charge in [-0.1, -0.05) is 187 Å². The van der Waals surface area contributed by atoms with Gasteiger partial charge in [-0.3, -0.25) is 4.98 Å². The summed E-state index contributed by atoms with van der Waals surface area (Å²) in [6.45, 7) is 24.5. The average Bonchev–Trinajstić information content (AvgIpc) is 4.07. The maximum Gasteiger partial charge on any atom is 0.121 e. The predicted molar refractivity (Wildman–Crippen MR) is 315 cm³/mol. The first-order chi connectivity index (χ1) is 37.5. The second kappa shape index (κ2) is 20.1. The first-order valence-electron chi connectivity index (χ1n) is 29.0. The third-order valence-electron chi connectivity index (χ3n) is 14.5. The Kier molecular flexibility index (Phi) is 12.3. The normalized spacial score (nSPS) is 13.9. The molecule has 4 nitrogen and oxygen atoms in total. The summed E-state index contributed by atoms with van der Waals surface area (Å²) >= 11 is 0. The second-order valence-corrected chi connectivity index (χ2v) is 23.8. The number of aromatic nitrogens is 3. The molecule has 0 unspecified atom stereocenters. The molecule has 0 N–H and O–H groups in total. The Morgan fingerprint density at radius 1 is 0.587 bits per heavy atom. The molecule has 11 aromatic rings. The van der Waals surface area contributed by atoms with Gasteiger partial charge in [-0.05, 0) is 137 Å². The van der Waals surface area contributed by atoms with Gasteiger partial charge in [-0.25, -0.2) is 0 Å². The van der Waals surface area contributed by atoms with E-state index >= 15 is 0 Å². The molecule has 0 aliphatic rings. The van der Waals surface area contributed by atoms with Gasteiger partial charge < -0.3 is 14.0 Å². The quantitative estimate of drug-likeness (QED) is 0.123. The van der Waals surface area contributed by atoms with Crippen molar-refractivity contribution in [3.05, 3.63) is 197 Å². The molecule has 0 aliphatic heterocycles. The largest absolute Gasteiger partial charge is 0.501 e. The molecular formula is C70H71IrN3O-2. The van der Waals surface area contributed by atoms with E-state index in [0.29, 0.717) is 33.6 Å². The summed E-state index contributed by atoms with van der Waals surface area (Å²) < 4.78 is 57.4. The Labute approximate surface area is 467 Å².